The lowest BCUT2D eigenvalue weighted by Crippen LogP contribution is -2.37. The quantitative estimate of drug-likeness (QED) is 0.431. The number of aliphatic hydroxyl groups excluding tert-OH is 1. The Morgan fingerprint density at radius 3 is 2.39 bits per heavy atom. The lowest BCUT2D eigenvalue weighted by atomic mass is 9.92. The summed E-state index contributed by atoms with van der Waals surface area (Å²) in [5, 5.41) is 11.4. The van der Waals surface area contributed by atoms with Crippen molar-refractivity contribution in [2.75, 3.05) is 7.11 Å². The molecule has 1 heterocycles. The van der Waals surface area contributed by atoms with Gasteiger partial charge in [-0.05, 0) is 62.4 Å². The van der Waals surface area contributed by atoms with E-state index in [4.69, 9.17) is 4.74 Å². The summed E-state index contributed by atoms with van der Waals surface area (Å²) in [6, 6.07) is 11.0. The van der Waals surface area contributed by atoms with Gasteiger partial charge < -0.3 is 14.7 Å². The molecule has 162 valence electrons. The van der Waals surface area contributed by atoms with Gasteiger partial charge in [-0.3, -0.25) is 9.59 Å². The Balaban J connectivity index is 1.92. The first kappa shape index (κ1) is 21.2. The highest BCUT2D eigenvalue weighted by molar-refractivity contribution is 6.46. The average Bonchev–Trinajstić information content (AvgIpc) is 3.36. The molecule has 1 saturated carbocycles. The van der Waals surface area contributed by atoms with Crippen molar-refractivity contribution < 1.29 is 19.4 Å². The van der Waals surface area contributed by atoms with Crippen LogP contribution < -0.4 is 4.74 Å². The summed E-state index contributed by atoms with van der Waals surface area (Å²) in [6.07, 6.45) is 3.86. The SMILES string of the molecule is COc1cc(C)c(/C(O)=C2\C(=O)C(=O)N(C3CCCC3)C2c2cccc(C)c2)cc1C. The lowest BCUT2D eigenvalue weighted by Gasteiger charge is -2.31. The molecule has 1 amide bonds. The highest BCUT2D eigenvalue weighted by Crippen LogP contribution is 2.44. The van der Waals surface area contributed by atoms with Crippen LogP contribution in [-0.4, -0.2) is 34.8 Å². The second kappa shape index (κ2) is 8.22. The summed E-state index contributed by atoms with van der Waals surface area (Å²) >= 11 is 0. The van der Waals surface area contributed by atoms with E-state index in [1.54, 1.807) is 12.0 Å². The van der Waals surface area contributed by atoms with E-state index in [2.05, 4.69) is 0 Å². The number of ether oxygens (including phenoxy) is 1. The van der Waals surface area contributed by atoms with Crippen LogP contribution in [0, 0.1) is 20.8 Å². The molecule has 1 aliphatic carbocycles. The van der Waals surface area contributed by atoms with Crippen LogP contribution in [0.15, 0.2) is 42.0 Å². The van der Waals surface area contributed by atoms with Gasteiger partial charge in [-0.2, -0.15) is 0 Å². The van der Waals surface area contributed by atoms with Crippen molar-refractivity contribution in [3.63, 3.8) is 0 Å². The zero-order chi connectivity index (χ0) is 22.3. The molecule has 2 fully saturated rings. The predicted octanol–water partition coefficient (Wildman–Crippen LogP) is 4.98. The molecule has 5 nitrogen and oxygen atoms in total. The van der Waals surface area contributed by atoms with Crippen LogP contribution in [0.2, 0.25) is 0 Å². The molecular weight excluding hydrogens is 390 g/mol. The predicted molar refractivity (Wildman–Crippen MR) is 120 cm³/mol. The zero-order valence-electron chi connectivity index (χ0n) is 18.6. The molecule has 0 aromatic heterocycles. The number of benzene rings is 2. The number of carbonyl (C=O) groups is 2. The Bertz CT molecular complexity index is 1080. The molecular formula is C26H29NO4. The Morgan fingerprint density at radius 2 is 1.74 bits per heavy atom. The number of nitrogens with zero attached hydrogens (tertiary/aromatic N) is 1. The molecule has 5 heteroatoms. The summed E-state index contributed by atoms with van der Waals surface area (Å²) in [6.45, 7) is 5.75. The third kappa shape index (κ3) is 3.62. The van der Waals surface area contributed by atoms with Gasteiger partial charge in [0.1, 0.15) is 11.5 Å². The minimum atomic E-state index is -0.608. The first-order valence-electron chi connectivity index (χ1n) is 10.9. The molecule has 1 saturated heterocycles. The van der Waals surface area contributed by atoms with Gasteiger partial charge in [-0.25, -0.2) is 0 Å². The molecule has 31 heavy (non-hydrogen) atoms. The van der Waals surface area contributed by atoms with Crippen LogP contribution in [0.25, 0.3) is 5.76 Å². The molecule has 1 N–H and O–H groups in total. The highest BCUT2D eigenvalue weighted by Gasteiger charge is 2.49. The van der Waals surface area contributed by atoms with Crippen molar-refractivity contribution in [2.24, 2.45) is 0 Å². The second-order valence-electron chi connectivity index (χ2n) is 8.70. The van der Waals surface area contributed by atoms with Gasteiger partial charge in [0, 0.05) is 11.6 Å². The van der Waals surface area contributed by atoms with Crippen LogP contribution >= 0.6 is 0 Å². The van der Waals surface area contributed by atoms with Crippen molar-refractivity contribution in [3.8, 4) is 5.75 Å². The van der Waals surface area contributed by atoms with Gasteiger partial charge >= 0.3 is 0 Å². The largest absolute Gasteiger partial charge is 0.507 e. The van der Waals surface area contributed by atoms with E-state index in [0.29, 0.717) is 5.56 Å². The number of Topliss-reactive ketones (excluding diaryl/α,β-unsaturated/α-hetero) is 1. The molecule has 0 spiro atoms. The second-order valence-corrected chi connectivity index (χ2v) is 8.70. The van der Waals surface area contributed by atoms with Crippen LogP contribution in [0.4, 0.5) is 0 Å². The minimum absolute atomic E-state index is 0.0194. The monoisotopic (exact) mass is 419 g/mol. The van der Waals surface area contributed by atoms with E-state index in [-0.39, 0.29) is 17.4 Å². The van der Waals surface area contributed by atoms with E-state index in [0.717, 1.165) is 53.7 Å². The fourth-order valence-corrected chi connectivity index (χ4v) is 4.99. The van der Waals surface area contributed by atoms with Crippen molar-refractivity contribution in [2.45, 2.75) is 58.5 Å². The number of hydrogen-bond donors (Lipinski definition) is 1. The molecule has 0 bridgehead atoms. The highest BCUT2D eigenvalue weighted by atomic mass is 16.5. The maximum Gasteiger partial charge on any atom is 0.295 e. The van der Waals surface area contributed by atoms with Gasteiger partial charge in [-0.1, -0.05) is 42.7 Å². The van der Waals surface area contributed by atoms with Crippen LogP contribution in [0.1, 0.15) is 59.5 Å². The summed E-state index contributed by atoms with van der Waals surface area (Å²) in [7, 11) is 1.60. The topological polar surface area (TPSA) is 66.8 Å². The first-order chi connectivity index (χ1) is 14.8. The molecule has 2 aliphatic rings. The smallest absolute Gasteiger partial charge is 0.295 e. The van der Waals surface area contributed by atoms with Gasteiger partial charge in [0.25, 0.3) is 11.7 Å². The summed E-state index contributed by atoms with van der Waals surface area (Å²) < 4.78 is 5.39. The number of likely N-dealkylation sites (tertiary alicyclic amines) is 1. The standard InChI is InChI=1S/C26H29NO4/c1-15-8-7-9-18(12-15)23-22(25(29)26(30)27(23)19-10-5-6-11-19)24(28)20-13-17(3)21(31-4)14-16(20)2/h7-9,12-14,19,23,28H,5-6,10-11H2,1-4H3/b24-22+. The normalized spacial score (nSPS) is 21.2. The number of aliphatic hydroxyl groups is 1. The van der Waals surface area contributed by atoms with Gasteiger partial charge in [0.05, 0.1) is 18.7 Å². The average molecular weight is 420 g/mol. The van der Waals surface area contributed by atoms with Crippen LogP contribution in [-0.2, 0) is 9.59 Å². The molecule has 4 rings (SSSR count). The van der Waals surface area contributed by atoms with Crippen molar-refractivity contribution in [1.82, 2.24) is 4.90 Å². The Hall–Kier alpha value is -3.08. The first-order valence-corrected chi connectivity index (χ1v) is 10.9. The molecule has 2 aromatic carbocycles. The fourth-order valence-electron chi connectivity index (χ4n) is 4.99. The van der Waals surface area contributed by atoms with E-state index in [9.17, 15) is 14.7 Å². The van der Waals surface area contributed by atoms with Crippen molar-refractivity contribution >= 4 is 17.4 Å². The van der Waals surface area contributed by atoms with E-state index >= 15 is 0 Å². The molecule has 1 atom stereocenters. The number of methoxy groups -OCH3 is 1. The van der Waals surface area contributed by atoms with Crippen LogP contribution in [0.5, 0.6) is 5.75 Å². The number of ketones is 1. The van der Waals surface area contributed by atoms with Gasteiger partial charge in [0.15, 0.2) is 0 Å². The molecule has 2 aromatic rings. The Morgan fingerprint density at radius 1 is 1.03 bits per heavy atom. The summed E-state index contributed by atoms with van der Waals surface area (Å²) in [5.74, 6) is -0.518. The third-order valence-corrected chi connectivity index (χ3v) is 6.55. The maximum absolute atomic E-state index is 13.2. The number of amides is 1. The molecule has 1 unspecified atom stereocenters. The van der Waals surface area contributed by atoms with Gasteiger partial charge in [0.2, 0.25) is 0 Å². The number of carbonyl (C=O) groups excluding carboxylic acids is 2. The van der Waals surface area contributed by atoms with E-state index < -0.39 is 17.7 Å². The van der Waals surface area contributed by atoms with Crippen molar-refractivity contribution in [1.29, 1.82) is 0 Å². The van der Waals surface area contributed by atoms with Crippen molar-refractivity contribution in [3.05, 3.63) is 69.8 Å². The molecule has 0 radical (unpaired) electrons. The number of rotatable bonds is 4. The van der Waals surface area contributed by atoms with E-state index in [1.807, 2.05) is 57.2 Å². The van der Waals surface area contributed by atoms with Crippen LogP contribution in [0.3, 0.4) is 0 Å². The maximum atomic E-state index is 13.2. The zero-order valence-corrected chi connectivity index (χ0v) is 18.6. The minimum Gasteiger partial charge on any atom is -0.507 e. The lowest BCUT2D eigenvalue weighted by molar-refractivity contribution is -0.141. The third-order valence-electron chi connectivity index (χ3n) is 6.55. The Labute approximate surface area is 183 Å². The fraction of sp³-hybridized carbons (Fsp3) is 0.385. The summed E-state index contributed by atoms with van der Waals surface area (Å²) in [5.41, 5.74) is 4.28. The Kier molecular flexibility index (Phi) is 5.61. The summed E-state index contributed by atoms with van der Waals surface area (Å²) in [4.78, 5) is 28.1. The number of aryl methyl sites for hydroxylation is 3. The number of hydrogen-bond acceptors (Lipinski definition) is 4. The molecule has 1 aliphatic heterocycles. The van der Waals surface area contributed by atoms with E-state index in [1.165, 1.54) is 0 Å². The van der Waals surface area contributed by atoms with Gasteiger partial charge in [-0.15, -0.1) is 0 Å².